The molecule has 0 saturated carbocycles. The number of H-pyrrole nitrogens is 1. The van der Waals surface area contributed by atoms with Crippen LogP contribution >= 0.6 is 0 Å². The van der Waals surface area contributed by atoms with Crippen LogP contribution in [0.15, 0.2) is 59.9 Å². The van der Waals surface area contributed by atoms with Gasteiger partial charge in [0.25, 0.3) is 0 Å². The number of benzene rings is 1. The number of para-hydroxylation sites is 1. The van der Waals surface area contributed by atoms with E-state index in [2.05, 4.69) is 33.2 Å². The summed E-state index contributed by atoms with van der Waals surface area (Å²) in [6, 6.07) is 14.1. The van der Waals surface area contributed by atoms with E-state index in [0.717, 1.165) is 22.6 Å². The molecular weight excluding hydrogens is 272 g/mol. The lowest BCUT2D eigenvalue weighted by atomic mass is 9.91. The number of aliphatic imine (C=N–C) groups is 1. The van der Waals surface area contributed by atoms with E-state index < -0.39 is 0 Å². The van der Waals surface area contributed by atoms with Crippen molar-refractivity contribution in [2.24, 2.45) is 4.99 Å². The molecule has 4 nitrogen and oxygen atoms in total. The molecule has 0 amide bonds. The molecule has 0 fully saturated rings. The summed E-state index contributed by atoms with van der Waals surface area (Å²) in [6.07, 6.45) is 5.49. The zero-order chi connectivity index (χ0) is 15.4. The number of hydrogen-bond donors (Lipinski definition) is 1. The lowest BCUT2D eigenvalue weighted by molar-refractivity contribution is 0.924. The number of aromatic amines is 1. The minimum atomic E-state index is 0.177. The molecule has 110 valence electrons. The Labute approximate surface area is 130 Å². The van der Waals surface area contributed by atoms with E-state index in [1.165, 1.54) is 5.56 Å². The number of rotatable bonds is 4. The Kier molecular flexibility index (Phi) is 4.10. The van der Waals surface area contributed by atoms with Crippen molar-refractivity contribution in [1.29, 1.82) is 0 Å². The number of nitrogens with zero attached hydrogens (tertiary/aromatic N) is 3. The summed E-state index contributed by atoms with van der Waals surface area (Å²) in [7, 11) is 0. The fraction of sp³-hybridized carbons (Fsp3) is 0.167. The summed E-state index contributed by atoms with van der Waals surface area (Å²) in [5.41, 5.74) is 5.16. The Bertz CT molecular complexity index is 775. The van der Waals surface area contributed by atoms with Crippen molar-refractivity contribution in [3.8, 4) is 11.4 Å². The molecule has 22 heavy (non-hydrogen) atoms. The molecule has 0 aliphatic carbocycles. The predicted molar refractivity (Wildman–Crippen MR) is 89.6 cm³/mol. The third kappa shape index (κ3) is 2.68. The average molecular weight is 290 g/mol. The number of aromatic nitrogens is 3. The predicted octanol–water partition coefficient (Wildman–Crippen LogP) is 4.35. The Balaban J connectivity index is 2.05. The zero-order valence-electron chi connectivity index (χ0n) is 12.7. The van der Waals surface area contributed by atoms with Gasteiger partial charge in [-0.25, -0.2) is 0 Å². The molecule has 0 spiro atoms. The fourth-order valence-corrected chi connectivity index (χ4v) is 2.62. The molecule has 3 rings (SSSR count). The van der Waals surface area contributed by atoms with Crippen LogP contribution in [0.2, 0.25) is 0 Å². The van der Waals surface area contributed by atoms with Crippen LogP contribution in [0.4, 0.5) is 5.69 Å². The average Bonchev–Trinajstić information content (AvgIpc) is 3.05. The van der Waals surface area contributed by atoms with Crippen LogP contribution in [0.5, 0.6) is 0 Å². The first-order valence-electron chi connectivity index (χ1n) is 7.33. The maximum atomic E-state index is 4.47. The van der Waals surface area contributed by atoms with Crippen molar-refractivity contribution < 1.29 is 0 Å². The summed E-state index contributed by atoms with van der Waals surface area (Å²) in [5, 5.41) is 7.29. The first-order chi connectivity index (χ1) is 10.8. The van der Waals surface area contributed by atoms with Crippen LogP contribution in [-0.2, 0) is 0 Å². The second-order valence-corrected chi connectivity index (χ2v) is 5.08. The van der Waals surface area contributed by atoms with E-state index in [1.807, 2.05) is 55.7 Å². The Morgan fingerprint density at radius 2 is 1.91 bits per heavy atom. The molecule has 2 aromatic heterocycles. The zero-order valence-corrected chi connectivity index (χ0v) is 12.7. The Morgan fingerprint density at radius 3 is 2.68 bits per heavy atom. The summed E-state index contributed by atoms with van der Waals surface area (Å²) >= 11 is 0. The monoisotopic (exact) mass is 290 g/mol. The molecule has 0 aliphatic heterocycles. The van der Waals surface area contributed by atoms with E-state index in [-0.39, 0.29) is 5.92 Å². The SMILES string of the molecule is CC=Nc1ccccc1C(C)c1cn[nH]c1-c1ccccn1. The standard InChI is InChI=1S/C18H18N4/c1-3-19-16-9-5-4-8-14(16)13(2)15-12-21-22-18(15)17-10-6-7-11-20-17/h3-13H,1-2H3,(H,21,22). The van der Waals surface area contributed by atoms with Gasteiger partial charge in [0, 0.05) is 23.9 Å². The van der Waals surface area contributed by atoms with Crippen molar-refractivity contribution in [3.63, 3.8) is 0 Å². The molecule has 4 heteroatoms. The molecule has 1 unspecified atom stereocenters. The normalized spacial score (nSPS) is 12.6. The number of hydrogen-bond acceptors (Lipinski definition) is 3. The molecule has 0 aliphatic rings. The second-order valence-electron chi connectivity index (χ2n) is 5.08. The third-order valence-electron chi connectivity index (χ3n) is 3.73. The van der Waals surface area contributed by atoms with Gasteiger partial charge in [0.15, 0.2) is 0 Å². The lowest BCUT2D eigenvalue weighted by Gasteiger charge is -2.14. The molecule has 2 heterocycles. The lowest BCUT2D eigenvalue weighted by Crippen LogP contribution is -1.98. The van der Waals surface area contributed by atoms with Gasteiger partial charge >= 0.3 is 0 Å². The highest BCUT2D eigenvalue weighted by molar-refractivity contribution is 5.66. The maximum Gasteiger partial charge on any atom is 0.0883 e. The van der Waals surface area contributed by atoms with E-state index in [9.17, 15) is 0 Å². The second kappa shape index (κ2) is 6.35. The quantitative estimate of drug-likeness (QED) is 0.726. The maximum absolute atomic E-state index is 4.47. The van der Waals surface area contributed by atoms with E-state index in [0.29, 0.717) is 0 Å². The van der Waals surface area contributed by atoms with Gasteiger partial charge in [-0.15, -0.1) is 0 Å². The highest BCUT2D eigenvalue weighted by Gasteiger charge is 2.18. The smallest absolute Gasteiger partial charge is 0.0883 e. The summed E-state index contributed by atoms with van der Waals surface area (Å²) in [6.45, 7) is 4.10. The van der Waals surface area contributed by atoms with Crippen LogP contribution in [0.1, 0.15) is 30.9 Å². The van der Waals surface area contributed by atoms with E-state index in [1.54, 1.807) is 6.20 Å². The van der Waals surface area contributed by atoms with Gasteiger partial charge in [-0.05, 0) is 30.7 Å². The van der Waals surface area contributed by atoms with Crippen LogP contribution in [0, 0.1) is 0 Å². The van der Waals surface area contributed by atoms with E-state index in [4.69, 9.17) is 0 Å². The van der Waals surface area contributed by atoms with Crippen molar-refractivity contribution in [3.05, 3.63) is 66.0 Å². The molecule has 1 atom stereocenters. The third-order valence-corrected chi connectivity index (χ3v) is 3.73. The van der Waals surface area contributed by atoms with Crippen molar-refractivity contribution in [2.75, 3.05) is 0 Å². The molecule has 0 radical (unpaired) electrons. The van der Waals surface area contributed by atoms with Crippen LogP contribution in [0.25, 0.3) is 11.4 Å². The minimum absolute atomic E-state index is 0.177. The van der Waals surface area contributed by atoms with E-state index >= 15 is 0 Å². The van der Waals surface area contributed by atoms with Gasteiger partial charge in [0.05, 0.1) is 23.3 Å². The van der Waals surface area contributed by atoms with Gasteiger partial charge in [0.1, 0.15) is 0 Å². The molecule has 0 bridgehead atoms. The van der Waals surface area contributed by atoms with Crippen LogP contribution in [-0.4, -0.2) is 21.4 Å². The van der Waals surface area contributed by atoms with Crippen LogP contribution < -0.4 is 0 Å². The highest BCUT2D eigenvalue weighted by Crippen LogP contribution is 2.35. The van der Waals surface area contributed by atoms with Gasteiger partial charge in [-0.2, -0.15) is 5.10 Å². The summed E-state index contributed by atoms with van der Waals surface area (Å²) < 4.78 is 0. The highest BCUT2D eigenvalue weighted by atomic mass is 15.1. The first-order valence-corrected chi connectivity index (χ1v) is 7.33. The van der Waals surface area contributed by atoms with Gasteiger partial charge in [0.2, 0.25) is 0 Å². The molecule has 1 N–H and O–H groups in total. The first kappa shape index (κ1) is 14.2. The molecule has 3 aromatic rings. The van der Waals surface area contributed by atoms with Crippen LogP contribution in [0.3, 0.4) is 0 Å². The fourth-order valence-electron chi connectivity index (χ4n) is 2.62. The minimum Gasteiger partial charge on any atom is -0.276 e. The largest absolute Gasteiger partial charge is 0.276 e. The van der Waals surface area contributed by atoms with Gasteiger partial charge in [-0.1, -0.05) is 31.2 Å². The van der Waals surface area contributed by atoms with Gasteiger partial charge < -0.3 is 0 Å². The number of pyridine rings is 1. The van der Waals surface area contributed by atoms with Gasteiger partial charge in [-0.3, -0.25) is 15.1 Å². The molecule has 0 saturated heterocycles. The molecule has 1 aromatic carbocycles. The Morgan fingerprint density at radius 1 is 1.09 bits per heavy atom. The van der Waals surface area contributed by atoms with Crippen molar-refractivity contribution >= 4 is 11.9 Å². The van der Waals surface area contributed by atoms with Crippen molar-refractivity contribution in [2.45, 2.75) is 19.8 Å². The Hall–Kier alpha value is -2.75. The summed E-state index contributed by atoms with van der Waals surface area (Å²) in [5.74, 6) is 0.177. The summed E-state index contributed by atoms with van der Waals surface area (Å²) in [4.78, 5) is 8.88. The number of nitrogens with one attached hydrogen (secondary N) is 1. The van der Waals surface area contributed by atoms with Crippen molar-refractivity contribution in [1.82, 2.24) is 15.2 Å². The molecular formula is C18H18N4. The topological polar surface area (TPSA) is 53.9 Å².